The van der Waals surface area contributed by atoms with Crippen LogP contribution in [-0.2, 0) is 16.1 Å². The van der Waals surface area contributed by atoms with Crippen molar-refractivity contribution in [2.75, 3.05) is 26.2 Å². The molecule has 0 bridgehead atoms. The quantitative estimate of drug-likeness (QED) is 0.857. The third-order valence-electron chi connectivity index (χ3n) is 3.46. The van der Waals surface area contributed by atoms with Gasteiger partial charge >= 0.3 is 0 Å². The smallest absolute Gasteiger partial charge is 0.0900 e. The molecule has 1 N–H and O–H groups in total. The second-order valence-electron chi connectivity index (χ2n) is 5.77. The highest BCUT2D eigenvalue weighted by Crippen LogP contribution is 2.12. The van der Waals surface area contributed by atoms with Crippen molar-refractivity contribution in [3.63, 3.8) is 0 Å². The molecule has 0 aromatic heterocycles. The predicted octanol–water partition coefficient (Wildman–Crippen LogP) is 2.75. The maximum absolute atomic E-state index is 10.1. The Hall–Kier alpha value is -0.360. The molecular formula is C16H25Cl2NO3. The van der Waals surface area contributed by atoms with Gasteiger partial charge in [0, 0.05) is 24.7 Å². The van der Waals surface area contributed by atoms with E-state index in [2.05, 4.69) is 18.7 Å². The third-order valence-corrected chi connectivity index (χ3v) is 3.71. The summed E-state index contributed by atoms with van der Waals surface area (Å²) < 4.78 is 11.2. The largest absolute Gasteiger partial charge is 0.389 e. The average molecular weight is 350 g/mol. The van der Waals surface area contributed by atoms with Gasteiger partial charge in [-0.05, 0) is 31.5 Å². The van der Waals surface area contributed by atoms with Crippen LogP contribution in [0.4, 0.5) is 0 Å². The zero-order chi connectivity index (χ0) is 15.2. The Kier molecular flexibility index (Phi) is 8.69. The summed E-state index contributed by atoms with van der Waals surface area (Å²) in [7, 11) is 0. The molecule has 4 nitrogen and oxygen atoms in total. The fourth-order valence-electron chi connectivity index (χ4n) is 2.68. The number of morpholine rings is 1. The van der Waals surface area contributed by atoms with Crippen molar-refractivity contribution in [3.8, 4) is 0 Å². The van der Waals surface area contributed by atoms with Crippen LogP contribution in [0.2, 0.25) is 5.02 Å². The number of halogens is 2. The predicted molar refractivity (Wildman–Crippen MR) is 90.8 cm³/mol. The highest BCUT2D eigenvalue weighted by molar-refractivity contribution is 6.30. The van der Waals surface area contributed by atoms with E-state index < -0.39 is 6.10 Å². The van der Waals surface area contributed by atoms with Crippen LogP contribution in [-0.4, -0.2) is 54.6 Å². The molecule has 0 radical (unpaired) electrons. The zero-order valence-electron chi connectivity index (χ0n) is 13.1. The fraction of sp³-hybridized carbons (Fsp3) is 0.625. The van der Waals surface area contributed by atoms with Crippen LogP contribution < -0.4 is 0 Å². The summed E-state index contributed by atoms with van der Waals surface area (Å²) in [6.07, 6.45) is -0.0401. The number of aliphatic hydroxyl groups excluding tert-OH is 1. The van der Waals surface area contributed by atoms with Gasteiger partial charge in [-0.25, -0.2) is 0 Å². The minimum atomic E-state index is -0.477. The minimum absolute atomic E-state index is 0. The van der Waals surface area contributed by atoms with Crippen LogP contribution >= 0.6 is 24.0 Å². The van der Waals surface area contributed by atoms with Gasteiger partial charge in [0.15, 0.2) is 0 Å². The normalized spacial score (nSPS) is 23.8. The summed E-state index contributed by atoms with van der Waals surface area (Å²) in [6.45, 7) is 7.29. The second kappa shape index (κ2) is 9.71. The lowest BCUT2D eigenvalue weighted by Gasteiger charge is -2.36. The Morgan fingerprint density at radius 3 is 2.45 bits per heavy atom. The van der Waals surface area contributed by atoms with Gasteiger partial charge in [-0.2, -0.15) is 0 Å². The highest BCUT2D eigenvalue weighted by Gasteiger charge is 2.23. The minimum Gasteiger partial charge on any atom is -0.389 e. The summed E-state index contributed by atoms with van der Waals surface area (Å²) >= 11 is 5.83. The number of hydrogen-bond acceptors (Lipinski definition) is 4. The van der Waals surface area contributed by atoms with Gasteiger partial charge in [-0.15, -0.1) is 12.4 Å². The molecule has 2 rings (SSSR count). The summed E-state index contributed by atoms with van der Waals surface area (Å²) in [5.74, 6) is 0. The lowest BCUT2D eigenvalue weighted by Crippen LogP contribution is -2.48. The van der Waals surface area contributed by atoms with E-state index in [4.69, 9.17) is 21.1 Å². The van der Waals surface area contributed by atoms with Gasteiger partial charge in [0.25, 0.3) is 0 Å². The molecule has 3 unspecified atom stereocenters. The molecule has 6 heteroatoms. The second-order valence-corrected chi connectivity index (χ2v) is 6.21. The Balaban J connectivity index is 0.00000242. The summed E-state index contributed by atoms with van der Waals surface area (Å²) in [4.78, 5) is 2.23. The number of β-amino-alcohol motifs (C(OH)–C–C–N with tert-alkyl or cyclic N) is 1. The van der Waals surface area contributed by atoms with E-state index in [0.717, 1.165) is 18.7 Å². The number of nitrogens with zero attached hydrogens (tertiary/aromatic N) is 1. The van der Waals surface area contributed by atoms with Crippen molar-refractivity contribution < 1.29 is 14.6 Å². The van der Waals surface area contributed by atoms with Crippen LogP contribution in [0.3, 0.4) is 0 Å². The van der Waals surface area contributed by atoms with E-state index in [1.54, 1.807) is 0 Å². The maximum atomic E-state index is 10.1. The molecule has 1 aliphatic rings. The third kappa shape index (κ3) is 6.82. The molecule has 1 fully saturated rings. The topological polar surface area (TPSA) is 41.9 Å². The van der Waals surface area contributed by atoms with E-state index >= 15 is 0 Å². The van der Waals surface area contributed by atoms with Gasteiger partial charge < -0.3 is 14.6 Å². The summed E-state index contributed by atoms with van der Waals surface area (Å²) in [6, 6.07) is 7.54. The number of rotatable bonds is 6. The molecule has 126 valence electrons. The molecule has 1 aromatic carbocycles. The molecule has 0 spiro atoms. The standard InChI is InChI=1S/C16H24ClNO3.ClH/c1-12-7-18(8-13(2)21-12)9-16(19)11-20-10-14-3-5-15(17)6-4-14;/h3-6,12-13,16,19H,7-11H2,1-2H3;1H. The van der Waals surface area contributed by atoms with Gasteiger partial charge in [-0.1, -0.05) is 23.7 Å². The van der Waals surface area contributed by atoms with E-state index in [-0.39, 0.29) is 24.6 Å². The van der Waals surface area contributed by atoms with Crippen LogP contribution in [0.25, 0.3) is 0 Å². The Bertz CT molecular complexity index is 420. The first-order valence-electron chi connectivity index (χ1n) is 7.41. The van der Waals surface area contributed by atoms with Crippen molar-refractivity contribution >= 4 is 24.0 Å². The lowest BCUT2D eigenvalue weighted by atomic mass is 10.2. The van der Waals surface area contributed by atoms with Crippen molar-refractivity contribution in [1.29, 1.82) is 0 Å². The SMILES string of the molecule is CC1CN(CC(O)COCc2ccc(Cl)cc2)CC(C)O1.Cl. The zero-order valence-corrected chi connectivity index (χ0v) is 14.6. The van der Waals surface area contributed by atoms with E-state index in [0.29, 0.717) is 24.8 Å². The molecule has 1 saturated heterocycles. The Morgan fingerprint density at radius 1 is 1.27 bits per heavy atom. The molecule has 1 heterocycles. The number of ether oxygens (including phenoxy) is 2. The van der Waals surface area contributed by atoms with Crippen LogP contribution in [0.5, 0.6) is 0 Å². The van der Waals surface area contributed by atoms with Gasteiger partial charge in [0.2, 0.25) is 0 Å². The molecule has 1 aromatic rings. The number of hydrogen-bond donors (Lipinski definition) is 1. The monoisotopic (exact) mass is 349 g/mol. The molecular weight excluding hydrogens is 325 g/mol. The number of aliphatic hydroxyl groups is 1. The van der Waals surface area contributed by atoms with Crippen molar-refractivity contribution in [2.45, 2.75) is 38.8 Å². The van der Waals surface area contributed by atoms with Gasteiger partial charge in [-0.3, -0.25) is 4.90 Å². The summed E-state index contributed by atoms with van der Waals surface area (Å²) in [5.41, 5.74) is 1.06. The molecule has 22 heavy (non-hydrogen) atoms. The van der Waals surface area contributed by atoms with E-state index in [9.17, 15) is 5.11 Å². The van der Waals surface area contributed by atoms with Crippen molar-refractivity contribution in [1.82, 2.24) is 4.90 Å². The highest BCUT2D eigenvalue weighted by atomic mass is 35.5. The van der Waals surface area contributed by atoms with Gasteiger partial charge in [0.1, 0.15) is 0 Å². The van der Waals surface area contributed by atoms with Crippen LogP contribution in [0.15, 0.2) is 24.3 Å². The van der Waals surface area contributed by atoms with Gasteiger partial charge in [0.05, 0.1) is 31.5 Å². The van der Waals surface area contributed by atoms with E-state index in [1.807, 2.05) is 24.3 Å². The Morgan fingerprint density at radius 2 is 1.86 bits per heavy atom. The molecule has 0 saturated carbocycles. The Labute approximate surface area is 143 Å². The number of benzene rings is 1. The first-order chi connectivity index (χ1) is 10.0. The molecule has 0 amide bonds. The van der Waals surface area contributed by atoms with Crippen molar-refractivity contribution in [3.05, 3.63) is 34.9 Å². The average Bonchev–Trinajstić information content (AvgIpc) is 2.39. The van der Waals surface area contributed by atoms with Crippen LogP contribution in [0.1, 0.15) is 19.4 Å². The fourth-order valence-corrected chi connectivity index (χ4v) is 2.80. The first kappa shape index (κ1) is 19.7. The molecule has 0 aliphatic carbocycles. The lowest BCUT2D eigenvalue weighted by molar-refractivity contribution is -0.0826. The molecule has 1 aliphatic heterocycles. The summed E-state index contributed by atoms with van der Waals surface area (Å²) in [5, 5.41) is 10.8. The van der Waals surface area contributed by atoms with Crippen LogP contribution in [0, 0.1) is 0 Å². The van der Waals surface area contributed by atoms with E-state index in [1.165, 1.54) is 0 Å². The van der Waals surface area contributed by atoms with Crippen molar-refractivity contribution in [2.24, 2.45) is 0 Å². The maximum Gasteiger partial charge on any atom is 0.0900 e. The molecule has 3 atom stereocenters. The first-order valence-corrected chi connectivity index (χ1v) is 7.79.